The van der Waals surface area contributed by atoms with Crippen LogP contribution >= 0.6 is 23.4 Å². The Balaban J connectivity index is 1.89. The van der Waals surface area contributed by atoms with Crippen LogP contribution in [0.4, 0.5) is 5.69 Å². The Morgan fingerprint density at radius 2 is 1.87 bits per heavy atom. The zero-order chi connectivity index (χ0) is 22.5. The molecule has 0 aliphatic carbocycles. The summed E-state index contributed by atoms with van der Waals surface area (Å²) in [6, 6.07) is 11.1. The number of nitrogens with one attached hydrogen (secondary N) is 1. The van der Waals surface area contributed by atoms with Crippen LogP contribution in [0.3, 0.4) is 0 Å². The van der Waals surface area contributed by atoms with Crippen molar-refractivity contribution >= 4 is 51.9 Å². The van der Waals surface area contributed by atoms with E-state index in [-0.39, 0.29) is 23.5 Å². The number of thioether (sulfide) groups is 1. The second-order valence-electron chi connectivity index (χ2n) is 7.55. The Hall–Kier alpha value is -2.84. The molecular formula is C22H21ClN4O3S. The molecule has 7 nitrogen and oxygen atoms in total. The van der Waals surface area contributed by atoms with Gasteiger partial charge in [0.05, 0.1) is 12.2 Å². The van der Waals surface area contributed by atoms with Crippen LogP contribution in [0.15, 0.2) is 41.5 Å². The van der Waals surface area contributed by atoms with Crippen molar-refractivity contribution in [2.45, 2.75) is 39.1 Å². The van der Waals surface area contributed by atoms with E-state index < -0.39 is 10.8 Å². The van der Waals surface area contributed by atoms with Crippen LogP contribution in [0.2, 0.25) is 5.02 Å². The number of hydrogen-bond donors (Lipinski definition) is 1. The Kier molecular flexibility index (Phi) is 5.31. The number of carbonyl (C=O) groups is 3. The Morgan fingerprint density at radius 1 is 1.16 bits per heavy atom. The van der Waals surface area contributed by atoms with Crippen molar-refractivity contribution in [3.8, 4) is 0 Å². The number of halogens is 1. The maximum Gasteiger partial charge on any atom is 0.271 e. The first-order chi connectivity index (χ1) is 14.7. The number of amidine groups is 1. The zero-order valence-corrected chi connectivity index (χ0v) is 19.1. The molecular weight excluding hydrogens is 436 g/mol. The van der Waals surface area contributed by atoms with Gasteiger partial charge in [-0.3, -0.25) is 14.4 Å². The number of carbonyl (C=O) groups excluding carboxylic acids is 3. The van der Waals surface area contributed by atoms with E-state index in [4.69, 9.17) is 11.6 Å². The van der Waals surface area contributed by atoms with Crippen molar-refractivity contribution in [2.24, 2.45) is 5.10 Å². The molecule has 2 aromatic carbocycles. The quantitative estimate of drug-likeness (QED) is 0.747. The van der Waals surface area contributed by atoms with E-state index in [2.05, 4.69) is 10.4 Å². The highest BCUT2D eigenvalue weighted by molar-refractivity contribution is 8.15. The normalized spacial score (nSPS) is 19.6. The molecule has 0 saturated heterocycles. The molecule has 2 aromatic rings. The molecule has 0 saturated carbocycles. The smallest absolute Gasteiger partial charge is 0.271 e. The number of anilines is 1. The number of benzene rings is 2. The highest BCUT2D eigenvalue weighted by atomic mass is 35.5. The van der Waals surface area contributed by atoms with Crippen LogP contribution in [-0.4, -0.2) is 27.9 Å². The zero-order valence-electron chi connectivity index (χ0n) is 17.5. The number of fused-ring (bicyclic) bond motifs is 2. The standard InChI is InChI=1S/C22H21ClN4O3S/c1-12-9-10-17-19(13(12)2)26(11-16-7-5-6-8-18(16)23)20(30)22(17)27(15(4)29)25-21(31-22)24-14(3)28/h5-10H,11H2,1-4H3,(H,24,25,28)/t22-/m1/s1. The predicted octanol–water partition coefficient (Wildman–Crippen LogP) is 3.66. The monoisotopic (exact) mass is 456 g/mol. The molecule has 160 valence electrons. The molecule has 0 aromatic heterocycles. The molecule has 9 heteroatoms. The first-order valence-corrected chi connectivity index (χ1v) is 10.9. The molecule has 2 aliphatic heterocycles. The lowest BCUT2D eigenvalue weighted by molar-refractivity contribution is -0.139. The van der Waals surface area contributed by atoms with Crippen LogP contribution in [0.5, 0.6) is 0 Å². The fraction of sp³-hybridized carbons (Fsp3) is 0.273. The molecule has 0 bridgehead atoms. The summed E-state index contributed by atoms with van der Waals surface area (Å²) < 4.78 is 0. The van der Waals surface area contributed by atoms with Gasteiger partial charge in [0.25, 0.3) is 5.91 Å². The Morgan fingerprint density at radius 3 is 2.52 bits per heavy atom. The van der Waals surface area contributed by atoms with Gasteiger partial charge in [0.2, 0.25) is 16.7 Å². The first kappa shape index (κ1) is 21.4. The van der Waals surface area contributed by atoms with Crippen molar-refractivity contribution in [3.05, 3.63) is 63.7 Å². The minimum Gasteiger partial charge on any atom is -0.304 e. The highest BCUT2D eigenvalue weighted by Gasteiger charge is 2.61. The largest absolute Gasteiger partial charge is 0.304 e. The average molecular weight is 457 g/mol. The van der Waals surface area contributed by atoms with E-state index in [1.807, 2.05) is 44.2 Å². The topological polar surface area (TPSA) is 82.1 Å². The molecule has 0 unspecified atom stereocenters. The van der Waals surface area contributed by atoms with E-state index in [1.54, 1.807) is 11.0 Å². The summed E-state index contributed by atoms with van der Waals surface area (Å²) in [7, 11) is 0. The average Bonchev–Trinajstić information content (AvgIpc) is 3.18. The summed E-state index contributed by atoms with van der Waals surface area (Å²) in [5, 5.41) is 8.83. The van der Waals surface area contributed by atoms with Gasteiger partial charge in [-0.2, -0.15) is 5.01 Å². The van der Waals surface area contributed by atoms with Crippen LogP contribution in [0, 0.1) is 13.8 Å². The summed E-state index contributed by atoms with van der Waals surface area (Å²) in [5.41, 5.74) is 4.15. The van der Waals surface area contributed by atoms with Gasteiger partial charge in [0.1, 0.15) is 0 Å². The van der Waals surface area contributed by atoms with Gasteiger partial charge >= 0.3 is 0 Å². The van der Waals surface area contributed by atoms with Crippen LogP contribution in [-0.2, 0) is 25.8 Å². The number of hydrogen-bond acceptors (Lipinski definition) is 5. The maximum absolute atomic E-state index is 14.0. The highest BCUT2D eigenvalue weighted by Crippen LogP contribution is 2.56. The second-order valence-corrected chi connectivity index (χ2v) is 9.14. The lowest BCUT2D eigenvalue weighted by Crippen LogP contribution is -2.48. The van der Waals surface area contributed by atoms with Crippen LogP contribution < -0.4 is 10.2 Å². The van der Waals surface area contributed by atoms with Crippen molar-refractivity contribution in [1.82, 2.24) is 10.3 Å². The van der Waals surface area contributed by atoms with Crippen molar-refractivity contribution in [2.75, 3.05) is 4.90 Å². The number of aryl methyl sites for hydroxylation is 1. The van der Waals surface area contributed by atoms with Crippen molar-refractivity contribution < 1.29 is 14.4 Å². The molecule has 2 heterocycles. The minimum atomic E-state index is -1.42. The van der Waals surface area contributed by atoms with Crippen LogP contribution in [0.25, 0.3) is 0 Å². The lowest BCUT2D eigenvalue weighted by atomic mass is 10.00. The third kappa shape index (κ3) is 3.30. The van der Waals surface area contributed by atoms with Gasteiger partial charge in [-0.1, -0.05) is 41.9 Å². The summed E-state index contributed by atoms with van der Waals surface area (Å²) in [6.45, 7) is 6.89. The molecule has 1 N–H and O–H groups in total. The van der Waals surface area contributed by atoms with E-state index in [0.29, 0.717) is 10.6 Å². The summed E-state index contributed by atoms with van der Waals surface area (Å²) in [4.78, 5) is 38.4. The number of nitrogens with zero attached hydrogens (tertiary/aromatic N) is 3. The van der Waals surface area contributed by atoms with E-state index >= 15 is 0 Å². The van der Waals surface area contributed by atoms with E-state index in [9.17, 15) is 14.4 Å². The van der Waals surface area contributed by atoms with Gasteiger partial charge in [0, 0.05) is 24.4 Å². The summed E-state index contributed by atoms with van der Waals surface area (Å²) >= 11 is 7.45. The van der Waals surface area contributed by atoms with E-state index in [0.717, 1.165) is 34.1 Å². The third-order valence-corrected chi connectivity index (χ3v) is 7.08. The fourth-order valence-corrected chi connectivity index (χ4v) is 5.45. The molecule has 2 aliphatic rings. The third-order valence-electron chi connectivity index (χ3n) is 5.47. The first-order valence-electron chi connectivity index (χ1n) is 9.69. The molecule has 0 fully saturated rings. The molecule has 1 spiro atoms. The molecule has 31 heavy (non-hydrogen) atoms. The van der Waals surface area contributed by atoms with Crippen molar-refractivity contribution in [3.63, 3.8) is 0 Å². The summed E-state index contributed by atoms with van der Waals surface area (Å²) in [5.74, 6) is -1.03. The SMILES string of the molecule is CC(=O)NC1=NN(C(C)=O)[C@]2(S1)C(=O)N(Cc1ccccc1Cl)c1c2ccc(C)c1C. The van der Waals surface area contributed by atoms with Crippen LogP contribution in [0.1, 0.15) is 36.1 Å². The molecule has 4 rings (SSSR count). The van der Waals surface area contributed by atoms with E-state index in [1.165, 1.54) is 18.9 Å². The van der Waals surface area contributed by atoms with Crippen molar-refractivity contribution in [1.29, 1.82) is 0 Å². The number of hydrazone groups is 1. The number of amides is 3. The minimum absolute atomic E-state index is 0.208. The summed E-state index contributed by atoms with van der Waals surface area (Å²) in [6.07, 6.45) is 0. The van der Waals surface area contributed by atoms with Gasteiger partial charge < -0.3 is 10.2 Å². The molecule has 3 amide bonds. The number of rotatable bonds is 2. The van der Waals surface area contributed by atoms with Gasteiger partial charge in [-0.15, -0.1) is 5.10 Å². The Bertz CT molecular complexity index is 1170. The molecule has 1 atom stereocenters. The molecule has 0 radical (unpaired) electrons. The second kappa shape index (κ2) is 7.69. The van der Waals surface area contributed by atoms with Gasteiger partial charge in [-0.25, -0.2) is 0 Å². The van der Waals surface area contributed by atoms with Gasteiger partial charge in [-0.05, 0) is 48.4 Å². The predicted molar refractivity (Wildman–Crippen MR) is 122 cm³/mol. The lowest BCUT2D eigenvalue weighted by Gasteiger charge is -2.29. The maximum atomic E-state index is 14.0. The fourth-order valence-electron chi connectivity index (χ4n) is 3.93. The van der Waals surface area contributed by atoms with Gasteiger partial charge in [0.15, 0.2) is 5.17 Å². The Labute approximate surface area is 189 Å².